The van der Waals surface area contributed by atoms with Gasteiger partial charge < -0.3 is 4.90 Å². The molecule has 2 aliphatic rings. The molecule has 4 rings (SSSR count). The van der Waals surface area contributed by atoms with Crippen molar-refractivity contribution < 1.29 is 4.79 Å². The number of anilines is 1. The van der Waals surface area contributed by atoms with Crippen molar-refractivity contribution in [2.24, 2.45) is 0 Å². The van der Waals surface area contributed by atoms with Crippen LogP contribution in [0.5, 0.6) is 0 Å². The van der Waals surface area contributed by atoms with Gasteiger partial charge in [0.25, 0.3) is 0 Å². The van der Waals surface area contributed by atoms with E-state index in [0.717, 1.165) is 43.9 Å². The number of aromatic nitrogens is 2. The van der Waals surface area contributed by atoms with E-state index < -0.39 is 0 Å². The monoisotopic (exact) mass is 294 g/mol. The van der Waals surface area contributed by atoms with Crippen LogP contribution in [0.15, 0.2) is 42.9 Å². The molecule has 1 amide bonds. The SMILES string of the molecule is O=C1[C@H](N2CCc3cncnc3C2)CCN1c1ccccc1. The van der Waals surface area contributed by atoms with Gasteiger partial charge >= 0.3 is 0 Å². The molecule has 0 N–H and O–H groups in total. The summed E-state index contributed by atoms with van der Waals surface area (Å²) in [5.74, 6) is 0.212. The van der Waals surface area contributed by atoms with E-state index in [0.29, 0.717) is 0 Å². The normalized spacial score (nSPS) is 21.9. The third kappa shape index (κ3) is 2.27. The highest BCUT2D eigenvalue weighted by Crippen LogP contribution is 2.27. The molecule has 0 bridgehead atoms. The zero-order valence-electron chi connectivity index (χ0n) is 12.4. The van der Waals surface area contributed by atoms with Gasteiger partial charge in [-0.15, -0.1) is 0 Å². The smallest absolute Gasteiger partial charge is 0.244 e. The lowest BCUT2D eigenvalue weighted by Gasteiger charge is -2.31. The van der Waals surface area contributed by atoms with Crippen LogP contribution >= 0.6 is 0 Å². The van der Waals surface area contributed by atoms with E-state index in [-0.39, 0.29) is 11.9 Å². The Kier molecular flexibility index (Phi) is 3.35. The third-order valence-corrected chi connectivity index (χ3v) is 4.59. The lowest BCUT2D eigenvalue weighted by atomic mass is 10.0. The van der Waals surface area contributed by atoms with E-state index in [2.05, 4.69) is 14.9 Å². The van der Waals surface area contributed by atoms with Gasteiger partial charge in [0, 0.05) is 31.5 Å². The molecule has 22 heavy (non-hydrogen) atoms. The summed E-state index contributed by atoms with van der Waals surface area (Å²) in [7, 11) is 0. The van der Waals surface area contributed by atoms with Gasteiger partial charge in [-0.05, 0) is 30.5 Å². The number of fused-ring (bicyclic) bond motifs is 1. The Labute approximate surface area is 129 Å². The Morgan fingerprint density at radius 3 is 2.86 bits per heavy atom. The molecule has 2 aliphatic heterocycles. The molecule has 0 unspecified atom stereocenters. The highest BCUT2D eigenvalue weighted by atomic mass is 16.2. The minimum Gasteiger partial charge on any atom is -0.311 e. The zero-order valence-corrected chi connectivity index (χ0v) is 12.4. The van der Waals surface area contributed by atoms with Crippen LogP contribution in [0.3, 0.4) is 0 Å². The molecule has 1 fully saturated rings. The van der Waals surface area contributed by atoms with Crippen LogP contribution in [-0.4, -0.2) is 39.9 Å². The molecule has 0 saturated carbocycles. The zero-order chi connectivity index (χ0) is 14.9. The lowest BCUT2D eigenvalue weighted by molar-refractivity contribution is -0.122. The third-order valence-electron chi connectivity index (χ3n) is 4.59. The molecular formula is C17H18N4O. The number of hydrogen-bond donors (Lipinski definition) is 0. The van der Waals surface area contributed by atoms with E-state index in [1.54, 1.807) is 6.33 Å². The largest absolute Gasteiger partial charge is 0.311 e. The first-order valence-corrected chi connectivity index (χ1v) is 7.71. The van der Waals surface area contributed by atoms with Crippen molar-refractivity contribution >= 4 is 11.6 Å². The second-order valence-corrected chi connectivity index (χ2v) is 5.85. The Balaban J connectivity index is 1.52. The van der Waals surface area contributed by atoms with Gasteiger partial charge in [-0.1, -0.05) is 18.2 Å². The molecule has 5 heteroatoms. The van der Waals surface area contributed by atoms with Crippen molar-refractivity contribution in [3.05, 3.63) is 54.1 Å². The van der Waals surface area contributed by atoms with Crippen LogP contribution in [-0.2, 0) is 17.8 Å². The van der Waals surface area contributed by atoms with E-state index in [4.69, 9.17) is 0 Å². The van der Waals surface area contributed by atoms with Gasteiger partial charge in [0.05, 0.1) is 11.7 Å². The summed E-state index contributed by atoms with van der Waals surface area (Å²) < 4.78 is 0. The van der Waals surface area contributed by atoms with E-state index >= 15 is 0 Å². The van der Waals surface area contributed by atoms with Crippen molar-refractivity contribution in [3.63, 3.8) is 0 Å². The van der Waals surface area contributed by atoms with E-state index in [1.807, 2.05) is 41.4 Å². The van der Waals surface area contributed by atoms with Gasteiger partial charge in [-0.2, -0.15) is 0 Å². The minimum absolute atomic E-state index is 0.0247. The number of carbonyl (C=O) groups is 1. The Morgan fingerprint density at radius 2 is 2.00 bits per heavy atom. The number of rotatable bonds is 2. The first kappa shape index (κ1) is 13.4. The number of para-hydroxylation sites is 1. The minimum atomic E-state index is -0.0247. The van der Waals surface area contributed by atoms with Crippen LogP contribution in [0.2, 0.25) is 0 Å². The summed E-state index contributed by atoms with van der Waals surface area (Å²) in [6, 6.07) is 9.90. The Hall–Kier alpha value is -2.27. The molecule has 0 radical (unpaired) electrons. The molecule has 1 aromatic heterocycles. The number of amides is 1. The van der Waals surface area contributed by atoms with Gasteiger partial charge in [-0.25, -0.2) is 9.97 Å². The van der Waals surface area contributed by atoms with Crippen molar-refractivity contribution in [3.8, 4) is 0 Å². The maximum absolute atomic E-state index is 12.8. The molecule has 112 valence electrons. The predicted molar refractivity (Wildman–Crippen MR) is 83.3 cm³/mol. The summed E-state index contributed by atoms with van der Waals surface area (Å²) in [4.78, 5) is 25.4. The fourth-order valence-electron chi connectivity index (χ4n) is 3.40. The second kappa shape index (κ2) is 5.50. The fourth-order valence-corrected chi connectivity index (χ4v) is 3.40. The van der Waals surface area contributed by atoms with Crippen molar-refractivity contribution in [1.82, 2.24) is 14.9 Å². The maximum Gasteiger partial charge on any atom is 0.244 e. The van der Waals surface area contributed by atoms with Crippen LogP contribution in [0.25, 0.3) is 0 Å². The molecule has 1 atom stereocenters. The summed E-state index contributed by atoms with van der Waals surface area (Å²) in [6.07, 6.45) is 5.29. The predicted octanol–water partition coefficient (Wildman–Crippen LogP) is 1.64. The van der Waals surface area contributed by atoms with Crippen LogP contribution in [0.1, 0.15) is 17.7 Å². The highest BCUT2D eigenvalue weighted by molar-refractivity contribution is 5.99. The Bertz CT molecular complexity index is 688. The summed E-state index contributed by atoms with van der Waals surface area (Å²) in [5, 5.41) is 0. The number of hydrogen-bond acceptors (Lipinski definition) is 4. The van der Waals surface area contributed by atoms with Crippen molar-refractivity contribution in [2.45, 2.75) is 25.4 Å². The average molecular weight is 294 g/mol. The number of nitrogens with zero attached hydrogens (tertiary/aromatic N) is 4. The molecular weight excluding hydrogens is 276 g/mol. The standard InChI is InChI=1S/C17H18N4O/c22-17-16(7-9-21(17)14-4-2-1-3-5-14)20-8-6-13-10-18-12-19-15(13)11-20/h1-5,10,12,16H,6-9,11H2/t16-/m1/s1. The van der Waals surface area contributed by atoms with E-state index in [1.165, 1.54) is 5.56 Å². The topological polar surface area (TPSA) is 49.3 Å². The maximum atomic E-state index is 12.8. The highest BCUT2D eigenvalue weighted by Gasteiger charge is 2.37. The number of carbonyl (C=O) groups excluding carboxylic acids is 1. The molecule has 3 heterocycles. The van der Waals surface area contributed by atoms with Gasteiger partial charge in [0.1, 0.15) is 6.33 Å². The average Bonchev–Trinajstić information content (AvgIpc) is 2.97. The molecule has 0 spiro atoms. The first-order chi connectivity index (χ1) is 10.8. The molecule has 2 aromatic rings. The van der Waals surface area contributed by atoms with Gasteiger partial charge in [0.15, 0.2) is 0 Å². The Morgan fingerprint density at radius 1 is 1.14 bits per heavy atom. The van der Waals surface area contributed by atoms with E-state index in [9.17, 15) is 4.79 Å². The quantitative estimate of drug-likeness (QED) is 0.845. The first-order valence-electron chi connectivity index (χ1n) is 7.71. The van der Waals surface area contributed by atoms with Crippen LogP contribution in [0.4, 0.5) is 5.69 Å². The summed E-state index contributed by atoms with van der Waals surface area (Å²) in [5.41, 5.74) is 3.27. The number of benzene rings is 1. The van der Waals surface area contributed by atoms with Crippen molar-refractivity contribution in [2.75, 3.05) is 18.0 Å². The summed E-state index contributed by atoms with van der Waals surface area (Å²) in [6.45, 7) is 2.44. The molecule has 5 nitrogen and oxygen atoms in total. The van der Waals surface area contributed by atoms with Gasteiger partial charge in [-0.3, -0.25) is 9.69 Å². The molecule has 1 aromatic carbocycles. The van der Waals surface area contributed by atoms with Gasteiger partial charge in [0.2, 0.25) is 5.91 Å². The van der Waals surface area contributed by atoms with Crippen molar-refractivity contribution in [1.29, 1.82) is 0 Å². The summed E-state index contributed by atoms with van der Waals surface area (Å²) >= 11 is 0. The van der Waals surface area contributed by atoms with Crippen LogP contribution in [0, 0.1) is 0 Å². The fraction of sp³-hybridized carbons (Fsp3) is 0.353. The molecule has 0 aliphatic carbocycles. The molecule has 1 saturated heterocycles. The lowest BCUT2D eigenvalue weighted by Crippen LogP contribution is -2.44. The van der Waals surface area contributed by atoms with Crippen LogP contribution < -0.4 is 4.90 Å². The second-order valence-electron chi connectivity index (χ2n) is 5.85.